The second-order valence-corrected chi connectivity index (χ2v) is 5.05. The molecule has 1 atom stereocenters. The number of benzene rings is 1. The topological polar surface area (TPSA) is 50.5 Å². The molecule has 4 nitrogen and oxygen atoms in total. The van der Waals surface area contributed by atoms with Crippen LogP contribution in [-0.4, -0.2) is 50.5 Å². The Balaban J connectivity index is 1.74. The molecule has 0 radical (unpaired) electrons. The highest BCUT2D eigenvalue weighted by Crippen LogP contribution is 2.15. The van der Waals surface area contributed by atoms with Gasteiger partial charge in [-0.15, -0.1) is 0 Å². The molecule has 0 saturated carbocycles. The van der Waals surface area contributed by atoms with Crippen LogP contribution in [0.3, 0.4) is 0 Å². The first-order chi connectivity index (χ1) is 8.75. The van der Waals surface area contributed by atoms with E-state index in [1.54, 1.807) is 0 Å². The minimum absolute atomic E-state index is 0.377. The van der Waals surface area contributed by atoms with Crippen molar-refractivity contribution in [3.63, 3.8) is 0 Å². The number of aryl methyl sites for hydroxylation is 1. The highest BCUT2D eigenvalue weighted by Gasteiger charge is 2.19. The SMILES string of the molecule is Cc1ccccc1OC[C@@H](O)C[NH+]1CC[NH2+]CC1. The van der Waals surface area contributed by atoms with Crippen LogP contribution in [0.4, 0.5) is 0 Å². The first-order valence-electron chi connectivity index (χ1n) is 6.77. The normalized spacial score (nSPS) is 18.6. The van der Waals surface area contributed by atoms with E-state index < -0.39 is 0 Å². The van der Waals surface area contributed by atoms with Gasteiger partial charge in [0.15, 0.2) is 0 Å². The van der Waals surface area contributed by atoms with Crippen molar-refractivity contribution in [2.75, 3.05) is 39.3 Å². The van der Waals surface area contributed by atoms with Crippen LogP contribution >= 0.6 is 0 Å². The van der Waals surface area contributed by atoms with Gasteiger partial charge < -0.3 is 20.1 Å². The lowest BCUT2D eigenvalue weighted by molar-refractivity contribution is -0.949. The third kappa shape index (κ3) is 3.98. The van der Waals surface area contributed by atoms with Crippen molar-refractivity contribution in [3.8, 4) is 5.75 Å². The summed E-state index contributed by atoms with van der Waals surface area (Å²) in [5.41, 5.74) is 1.12. The number of hydrogen-bond donors (Lipinski definition) is 3. The van der Waals surface area contributed by atoms with E-state index >= 15 is 0 Å². The number of aliphatic hydroxyl groups excluding tert-OH is 1. The number of para-hydroxylation sites is 1. The number of nitrogens with one attached hydrogen (secondary N) is 1. The highest BCUT2D eigenvalue weighted by molar-refractivity contribution is 5.31. The third-order valence-corrected chi connectivity index (χ3v) is 3.45. The molecule has 1 aliphatic rings. The number of aliphatic hydroxyl groups is 1. The molecular formula is C14H24N2O2+2. The summed E-state index contributed by atoms with van der Waals surface area (Å²) in [5, 5.41) is 12.3. The van der Waals surface area contributed by atoms with Crippen LogP contribution < -0.4 is 15.0 Å². The van der Waals surface area contributed by atoms with E-state index in [0.29, 0.717) is 6.61 Å². The fourth-order valence-electron chi connectivity index (χ4n) is 2.38. The van der Waals surface area contributed by atoms with Gasteiger partial charge in [-0.25, -0.2) is 0 Å². The van der Waals surface area contributed by atoms with Crippen LogP contribution in [0.5, 0.6) is 5.75 Å². The van der Waals surface area contributed by atoms with Gasteiger partial charge in [0.25, 0.3) is 0 Å². The van der Waals surface area contributed by atoms with Gasteiger partial charge >= 0.3 is 0 Å². The Morgan fingerprint density at radius 3 is 2.78 bits per heavy atom. The Kier molecular flexibility index (Phi) is 4.99. The Bertz CT molecular complexity index is 365. The fraction of sp³-hybridized carbons (Fsp3) is 0.571. The van der Waals surface area contributed by atoms with Gasteiger partial charge in [-0.3, -0.25) is 0 Å². The third-order valence-electron chi connectivity index (χ3n) is 3.45. The Labute approximate surface area is 109 Å². The van der Waals surface area contributed by atoms with E-state index in [2.05, 4.69) is 5.32 Å². The number of piperazine rings is 1. The van der Waals surface area contributed by atoms with Crippen molar-refractivity contribution in [3.05, 3.63) is 29.8 Å². The Morgan fingerprint density at radius 1 is 1.33 bits per heavy atom. The average Bonchev–Trinajstić information content (AvgIpc) is 2.39. The van der Waals surface area contributed by atoms with E-state index in [1.165, 1.54) is 18.0 Å². The Hall–Kier alpha value is -1.10. The van der Waals surface area contributed by atoms with Crippen LogP contribution in [0, 0.1) is 6.92 Å². The minimum atomic E-state index is -0.377. The molecule has 1 aromatic rings. The largest absolute Gasteiger partial charge is 0.490 e. The maximum absolute atomic E-state index is 10.00. The van der Waals surface area contributed by atoms with Gasteiger partial charge in [0.05, 0.1) is 0 Å². The van der Waals surface area contributed by atoms with E-state index in [0.717, 1.165) is 30.9 Å². The average molecular weight is 252 g/mol. The van der Waals surface area contributed by atoms with Gasteiger partial charge in [0.1, 0.15) is 51.2 Å². The number of nitrogens with two attached hydrogens (primary N) is 1. The van der Waals surface area contributed by atoms with Gasteiger partial charge in [0, 0.05) is 0 Å². The molecule has 1 aromatic carbocycles. The van der Waals surface area contributed by atoms with Crippen molar-refractivity contribution in [1.29, 1.82) is 0 Å². The minimum Gasteiger partial charge on any atom is -0.490 e. The lowest BCUT2D eigenvalue weighted by Gasteiger charge is -2.24. The van der Waals surface area contributed by atoms with Crippen molar-refractivity contribution >= 4 is 0 Å². The fourth-order valence-corrected chi connectivity index (χ4v) is 2.38. The molecule has 18 heavy (non-hydrogen) atoms. The molecule has 1 aliphatic heterocycles. The summed E-state index contributed by atoms with van der Waals surface area (Å²) >= 11 is 0. The molecule has 1 fully saturated rings. The second-order valence-electron chi connectivity index (χ2n) is 5.05. The van der Waals surface area contributed by atoms with E-state index in [9.17, 15) is 5.11 Å². The molecule has 0 aromatic heterocycles. The van der Waals surface area contributed by atoms with Gasteiger partial charge in [-0.05, 0) is 18.6 Å². The zero-order valence-corrected chi connectivity index (χ0v) is 11.1. The molecule has 1 saturated heterocycles. The summed E-state index contributed by atoms with van der Waals surface area (Å²) in [6.07, 6.45) is -0.377. The molecule has 4 heteroatoms. The van der Waals surface area contributed by atoms with Crippen LogP contribution in [0.1, 0.15) is 5.56 Å². The number of ether oxygens (including phenoxy) is 1. The number of hydrogen-bond acceptors (Lipinski definition) is 2. The quantitative estimate of drug-likeness (QED) is 0.579. The molecule has 0 bridgehead atoms. The summed E-state index contributed by atoms with van der Waals surface area (Å²) in [6.45, 7) is 7.81. The lowest BCUT2D eigenvalue weighted by Crippen LogP contribution is -3.21. The molecular weight excluding hydrogens is 228 g/mol. The lowest BCUT2D eigenvalue weighted by atomic mass is 10.2. The second kappa shape index (κ2) is 6.73. The summed E-state index contributed by atoms with van der Waals surface area (Å²) in [5.74, 6) is 0.874. The van der Waals surface area contributed by atoms with Gasteiger partial charge in [-0.1, -0.05) is 18.2 Å². The molecule has 0 spiro atoms. The van der Waals surface area contributed by atoms with Gasteiger partial charge in [0.2, 0.25) is 0 Å². The molecule has 0 amide bonds. The first kappa shape index (κ1) is 13.3. The van der Waals surface area contributed by atoms with Crippen molar-refractivity contribution in [1.82, 2.24) is 0 Å². The van der Waals surface area contributed by atoms with E-state index in [-0.39, 0.29) is 6.10 Å². The van der Waals surface area contributed by atoms with Crippen LogP contribution in [0.15, 0.2) is 24.3 Å². The molecule has 2 rings (SSSR count). The van der Waals surface area contributed by atoms with Crippen LogP contribution in [-0.2, 0) is 0 Å². The van der Waals surface area contributed by atoms with Gasteiger partial charge in [-0.2, -0.15) is 0 Å². The molecule has 100 valence electrons. The van der Waals surface area contributed by atoms with Crippen molar-refractivity contribution in [2.45, 2.75) is 13.0 Å². The summed E-state index contributed by atoms with van der Waals surface area (Å²) in [6, 6.07) is 7.92. The molecule has 0 aliphatic carbocycles. The van der Waals surface area contributed by atoms with Crippen molar-refractivity contribution in [2.24, 2.45) is 0 Å². The molecule has 4 N–H and O–H groups in total. The maximum Gasteiger partial charge on any atom is 0.137 e. The van der Waals surface area contributed by atoms with E-state index in [1.807, 2.05) is 31.2 Å². The highest BCUT2D eigenvalue weighted by atomic mass is 16.5. The van der Waals surface area contributed by atoms with Crippen molar-refractivity contribution < 1.29 is 20.1 Å². The molecule has 1 heterocycles. The smallest absolute Gasteiger partial charge is 0.137 e. The van der Waals surface area contributed by atoms with Crippen LogP contribution in [0.25, 0.3) is 0 Å². The predicted molar refractivity (Wildman–Crippen MR) is 69.9 cm³/mol. The summed E-state index contributed by atoms with van der Waals surface area (Å²) in [7, 11) is 0. The number of quaternary nitrogens is 2. The monoisotopic (exact) mass is 252 g/mol. The van der Waals surface area contributed by atoms with E-state index in [4.69, 9.17) is 4.74 Å². The Morgan fingerprint density at radius 2 is 2.06 bits per heavy atom. The molecule has 0 unspecified atom stereocenters. The summed E-state index contributed by atoms with van der Waals surface area (Å²) < 4.78 is 5.67. The standard InChI is InChI=1S/C14H22N2O2/c1-12-4-2-3-5-14(12)18-11-13(17)10-16-8-6-15-7-9-16/h2-5,13,15,17H,6-11H2,1H3/p+2/t13-/m0/s1. The summed E-state index contributed by atoms with van der Waals surface area (Å²) in [4.78, 5) is 1.48. The van der Waals surface area contributed by atoms with Crippen LogP contribution in [0.2, 0.25) is 0 Å². The predicted octanol–water partition coefficient (Wildman–Crippen LogP) is -1.80. The zero-order chi connectivity index (χ0) is 12.8. The zero-order valence-electron chi connectivity index (χ0n) is 11.1. The number of rotatable bonds is 5. The maximum atomic E-state index is 10.00. The first-order valence-corrected chi connectivity index (χ1v) is 6.77.